The number of unbranched alkanes of at least 4 members (excludes halogenated alkanes) is 3. The summed E-state index contributed by atoms with van der Waals surface area (Å²) in [6.07, 6.45) is 5.12. The quantitative estimate of drug-likeness (QED) is 0.389. The molecular weight excluding hydrogens is 210 g/mol. The van der Waals surface area contributed by atoms with Crippen molar-refractivity contribution in [3.8, 4) is 0 Å². The average molecular weight is 229 g/mol. The minimum Gasteiger partial charge on any atom is -0.341 e. The maximum atomic E-state index is 11.1. The molecule has 0 aromatic heterocycles. The highest BCUT2D eigenvalue weighted by molar-refractivity contribution is 5.79. The second-order valence-electron chi connectivity index (χ2n) is 3.52. The number of carbonyl (C=O) groups excluding carboxylic acids is 3. The van der Waals surface area contributed by atoms with Crippen LogP contribution in [-0.2, 0) is 19.2 Å². The first kappa shape index (κ1) is 14.6. The number of hydrogen-bond acceptors (Lipinski definition) is 4. The first-order chi connectivity index (χ1) is 7.70. The van der Waals surface area contributed by atoms with Gasteiger partial charge in [-0.3, -0.25) is 4.79 Å². The molecule has 0 unspecified atom stereocenters. The Kier molecular flexibility index (Phi) is 9.26. The fourth-order valence-electron chi connectivity index (χ4n) is 1.10. The Balaban J connectivity index is 3.42. The Morgan fingerprint density at radius 1 is 1.19 bits per heavy atom. The number of carbonyl (C=O) groups is 3. The van der Waals surface area contributed by atoms with E-state index in [4.69, 9.17) is 0 Å². The van der Waals surface area contributed by atoms with Crippen molar-refractivity contribution in [1.29, 1.82) is 0 Å². The smallest absolute Gasteiger partial charge is 0.332 e. The molecule has 0 aromatic rings. The molecule has 0 aliphatic heterocycles. The van der Waals surface area contributed by atoms with Crippen molar-refractivity contribution >= 4 is 18.2 Å². The molecule has 5 nitrogen and oxygen atoms in total. The molecule has 0 aromatic carbocycles. The Labute approximate surface area is 95.5 Å². The Morgan fingerprint density at radius 2 is 1.94 bits per heavy atom. The van der Waals surface area contributed by atoms with Gasteiger partial charge in [-0.05, 0) is 6.42 Å². The van der Waals surface area contributed by atoms with Crippen LogP contribution in [0.1, 0.15) is 51.9 Å². The lowest BCUT2D eigenvalue weighted by Crippen LogP contribution is -2.26. The van der Waals surface area contributed by atoms with E-state index >= 15 is 0 Å². The minimum atomic E-state index is -0.450. The maximum Gasteiger partial charge on any atom is 0.332 e. The summed E-state index contributed by atoms with van der Waals surface area (Å²) in [6, 6.07) is 0. The third-order valence-corrected chi connectivity index (χ3v) is 2.00. The highest BCUT2D eigenvalue weighted by atomic mass is 16.7. The van der Waals surface area contributed by atoms with Crippen molar-refractivity contribution in [3.63, 3.8) is 0 Å². The molecule has 0 atom stereocenters. The van der Waals surface area contributed by atoms with E-state index in [1.165, 1.54) is 0 Å². The lowest BCUT2D eigenvalue weighted by molar-refractivity contribution is -0.158. The van der Waals surface area contributed by atoms with E-state index in [2.05, 4.69) is 11.8 Å². The van der Waals surface area contributed by atoms with Crippen LogP contribution >= 0.6 is 0 Å². The highest BCUT2D eigenvalue weighted by Crippen LogP contribution is 2.02. The first-order valence-corrected chi connectivity index (χ1v) is 5.62. The Morgan fingerprint density at radius 3 is 2.56 bits per heavy atom. The highest BCUT2D eigenvalue weighted by Gasteiger charge is 2.06. The second kappa shape index (κ2) is 10.1. The predicted molar refractivity (Wildman–Crippen MR) is 58.3 cm³/mol. The van der Waals surface area contributed by atoms with Crippen molar-refractivity contribution in [1.82, 2.24) is 5.48 Å². The lowest BCUT2D eigenvalue weighted by Gasteiger charge is -2.04. The van der Waals surface area contributed by atoms with Crippen LogP contribution in [-0.4, -0.2) is 18.2 Å². The van der Waals surface area contributed by atoms with E-state index in [9.17, 15) is 14.4 Å². The summed E-state index contributed by atoms with van der Waals surface area (Å²) in [5, 5.41) is 0. The number of nitrogens with one attached hydrogen (secondary N) is 1. The molecule has 0 aliphatic rings. The van der Waals surface area contributed by atoms with Gasteiger partial charge >= 0.3 is 5.97 Å². The van der Waals surface area contributed by atoms with Crippen LogP contribution in [0.15, 0.2) is 0 Å². The predicted octanol–water partition coefficient (Wildman–Crippen LogP) is 1.51. The van der Waals surface area contributed by atoms with Crippen LogP contribution in [0.3, 0.4) is 0 Å². The summed E-state index contributed by atoms with van der Waals surface area (Å²) in [6.45, 7) is 2.09. The normalized spacial score (nSPS) is 9.56. The van der Waals surface area contributed by atoms with Crippen LogP contribution in [0.2, 0.25) is 0 Å². The van der Waals surface area contributed by atoms with Gasteiger partial charge in [-0.25, -0.2) is 4.79 Å². The van der Waals surface area contributed by atoms with Gasteiger partial charge in [0.1, 0.15) is 6.29 Å². The van der Waals surface area contributed by atoms with Gasteiger partial charge in [0, 0.05) is 19.3 Å². The molecular formula is C11H19NO4. The average Bonchev–Trinajstić information content (AvgIpc) is 2.29. The molecule has 1 amide bonds. The number of hydrogen-bond donors (Lipinski definition) is 1. The standard InChI is InChI=1S/C11H19NO4/c1-2-3-4-5-8-11(15)16-12-10(14)7-6-9-13/h9H,2-8H2,1H3,(H,12,14). The first-order valence-electron chi connectivity index (χ1n) is 5.62. The Hall–Kier alpha value is -1.39. The van der Waals surface area contributed by atoms with Gasteiger partial charge in [0.05, 0.1) is 0 Å². The van der Waals surface area contributed by atoms with Gasteiger partial charge in [-0.2, -0.15) is 5.48 Å². The minimum absolute atomic E-state index is 0.0482. The third kappa shape index (κ3) is 9.18. The molecule has 0 spiro atoms. The summed E-state index contributed by atoms with van der Waals surface area (Å²) < 4.78 is 0. The molecule has 0 bridgehead atoms. The molecule has 0 heterocycles. The van der Waals surface area contributed by atoms with Crippen molar-refractivity contribution in [2.45, 2.75) is 51.9 Å². The largest absolute Gasteiger partial charge is 0.341 e. The molecule has 0 saturated carbocycles. The van der Waals surface area contributed by atoms with Gasteiger partial charge in [-0.15, -0.1) is 0 Å². The second-order valence-corrected chi connectivity index (χ2v) is 3.52. The molecule has 92 valence electrons. The zero-order valence-electron chi connectivity index (χ0n) is 9.66. The van der Waals surface area contributed by atoms with Crippen molar-refractivity contribution in [2.75, 3.05) is 0 Å². The monoisotopic (exact) mass is 229 g/mol. The van der Waals surface area contributed by atoms with Crippen molar-refractivity contribution in [2.24, 2.45) is 0 Å². The van der Waals surface area contributed by atoms with E-state index in [0.29, 0.717) is 12.7 Å². The summed E-state index contributed by atoms with van der Waals surface area (Å²) >= 11 is 0. The van der Waals surface area contributed by atoms with Crippen LogP contribution < -0.4 is 5.48 Å². The topological polar surface area (TPSA) is 72.5 Å². The van der Waals surface area contributed by atoms with Gasteiger partial charge in [-0.1, -0.05) is 26.2 Å². The van der Waals surface area contributed by atoms with E-state index < -0.39 is 11.9 Å². The van der Waals surface area contributed by atoms with Crippen LogP contribution in [0.25, 0.3) is 0 Å². The van der Waals surface area contributed by atoms with Crippen molar-refractivity contribution in [3.05, 3.63) is 0 Å². The summed E-state index contributed by atoms with van der Waals surface area (Å²) in [5.74, 6) is -0.885. The van der Waals surface area contributed by atoms with Crippen LogP contribution in [0.5, 0.6) is 0 Å². The third-order valence-electron chi connectivity index (χ3n) is 2.00. The van der Waals surface area contributed by atoms with Crippen LogP contribution in [0.4, 0.5) is 0 Å². The summed E-state index contributed by atoms with van der Waals surface area (Å²) in [7, 11) is 0. The molecule has 0 saturated heterocycles. The number of aldehydes is 1. The van der Waals surface area contributed by atoms with E-state index in [0.717, 1.165) is 25.7 Å². The van der Waals surface area contributed by atoms with Gasteiger partial charge in [0.2, 0.25) is 0 Å². The van der Waals surface area contributed by atoms with Gasteiger partial charge in [0.15, 0.2) is 0 Å². The molecule has 0 rings (SSSR count). The van der Waals surface area contributed by atoms with Crippen molar-refractivity contribution < 1.29 is 19.2 Å². The van der Waals surface area contributed by atoms with Crippen LogP contribution in [0, 0.1) is 0 Å². The molecule has 5 heteroatoms. The lowest BCUT2D eigenvalue weighted by atomic mass is 10.2. The number of hydroxylamine groups is 1. The number of rotatable bonds is 8. The fourth-order valence-corrected chi connectivity index (χ4v) is 1.10. The van der Waals surface area contributed by atoms with E-state index in [-0.39, 0.29) is 12.8 Å². The number of amides is 1. The summed E-state index contributed by atoms with van der Waals surface area (Å²) in [4.78, 5) is 36.5. The maximum absolute atomic E-state index is 11.1. The zero-order chi connectivity index (χ0) is 12.2. The molecule has 0 aliphatic carbocycles. The SMILES string of the molecule is CCCCCCC(=O)ONC(=O)CCC=O. The molecule has 1 N–H and O–H groups in total. The Bertz CT molecular complexity index is 228. The fraction of sp³-hybridized carbons (Fsp3) is 0.727. The van der Waals surface area contributed by atoms with Gasteiger partial charge in [0.25, 0.3) is 5.91 Å². The van der Waals surface area contributed by atoms with Gasteiger partial charge < -0.3 is 9.63 Å². The molecule has 16 heavy (non-hydrogen) atoms. The van der Waals surface area contributed by atoms with E-state index in [1.54, 1.807) is 0 Å². The summed E-state index contributed by atoms with van der Waals surface area (Å²) in [5.41, 5.74) is 2.01. The van der Waals surface area contributed by atoms with E-state index in [1.807, 2.05) is 5.48 Å². The molecule has 0 radical (unpaired) electrons. The molecule has 0 fully saturated rings. The zero-order valence-corrected chi connectivity index (χ0v) is 9.66.